The number of hydrogen-bond acceptors (Lipinski definition) is 3. The molecule has 1 aromatic heterocycles. The fraction of sp³-hybridized carbons (Fsp3) is 0.375. The van der Waals surface area contributed by atoms with E-state index in [0.717, 1.165) is 31.6 Å². The number of rotatable bonds is 4. The zero-order chi connectivity index (χ0) is 14.1. The molecule has 0 saturated heterocycles. The summed E-state index contributed by atoms with van der Waals surface area (Å²) in [5.74, 6) is 1.05. The highest BCUT2D eigenvalue weighted by atomic mass is 79.9. The fourth-order valence-corrected chi connectivity index (χ4v) is 4.13. The molecule has 1 aliphatic rings. The van der Waals surface area contributed by atoms with Gasteiger partial charge in [-0.1, -0.05) is 12.1 Å². The Morgan fingerprint density at radius 2 is 2.25 bits per heavy atom. The molecule has 0 aliphatic carbocycles. The Morgan fingerprint density at radius 3 is 3.00 bits per heavy atom. The average molecular weight is 352 g/mol. The molecule has 0 spiro atoms. The third kappa shape index (κ3) is 2.92. The van der Waals surface area contributed by atoms with Crippen molar-refractivity contribution in [3.8, 4) is 5.75 Å². The van der Waals surface area contributed by atoms with Gasteiger partial charge in [0.05, 0.1) is 10.4 Å². The molecule has 2 nitrogen and oxygen atoms in total. The molecule has 0 saturated carbocycles. The van der Waals surface area contributed by atoms with E-state index < -0.39 is 0 Å². The van der Waals surface area contributed by atoms with E-state index in [1.807, 2.05) is 0 Å². The lowest BCUT2D eigenvalue weighted by Gasteiger charge is -2.10. The lowest BCUT2D eigenvalue weighted by Crippen LogP contribution is -2.09. The van der Waals surface area contributed by atoms with E-state index in [1.54, 1.807) is 11.3 Å². The van der Waals surface area contributed by atoms with Gasteiger partial charge in [0.1, 0.15) is 5.75 Å². The monoisotopic (exact) mass is 351 g/mol. The second-order valence-electron chi connectivity index (χ2n) is 5.29. The van der Waals surface area contributed by atoms with Crippen LogP contribution in [0.5, 0.6) is 5.75 Å². The first-order chi connectivity index (χ1) is 9.63. The van der Waals surface area contributed by atoms with Gasteiger partial charge in [0, 0.05) is 17.3 Å². The Bertz CT molecular complexity index is 603. The third-order valence-corrected chi connectivity index (χ3v) is 6.01. The SMILES string of the molecule is Cc1cc(C(N)CCc2ccc3c(c2)CCO3)sc1Br. The molecule has 0 radical (unpaired) electrons. The molecule has 1 atom stereocenters. The van der Waals surface area contributed by atoms with E-state index >= 15 is 0 Å². The maximum Gasteiger partial charge on any atom is 0.122 e. The van der Waals surface area contributed by atoms with E-state index in [1.165, 1.54) is 25.4 Å². The van der Waals surface area contributed by atoms with Crippen molar-refractivity contribution in [3.05, 3.63) is 49.6 Å². The van der Waals surface area contributed by atoms with Gasteiger partial charge in [-0.25, -0.2) is 0 Å². The molecular formula is C16H18BrNOS. The molecule has 20 heavy (non-hydrogen) atoms. The Hall–Kier alpha value is -0.840. The molecule has 2 heterocycles. The quantitative estimate of drug-likeness (QED) is 0.886. The zero-order valence-corrected chi connectivity index (χ0v) is 13.9. The van der Waals surface area contributed by atoms with E-state index in [0.29, 0.717) is 0 Å². The van der Waals surface area contributed by atoms with Crippen LogP contribution >= 0.6 is 27.3 Å². The summed E-state index contributed by atoms with van der Waals surface area (Å²) in [6.45, 7) is 2.93. The minimum atomic E-state index is 0.120. The highest BCUT2D eigenvalue weighted by molar-refractivity contribution is 9.11. The predicted octanol–water partition coefficient (Wildman–Crippen LogP) is 4.39. The van der Waals surface area contributed by atoms with E-state index in [2.05, 4.69) is 47.1 Å². The molecule has 0 amide bonds. The summed E-state index contributed by atoms with van der Waals surface area (Å²) >= 11 is 5.31. The molecule has 0 bridgehead atoms. The number of halogens is 1. The van der Waals surface area contributed by atoms with Crippen molar-refractivity contribution in [2.24, 2.45) is 5.73 Å². The Balaban J connectivity index is 1.64. The Kier molecular flexibility index (Phi) is 4.15. The number of nitrogens with two attached hydrogens (primary N) is 1. The van der Waals surface area contributed by atoms with Crippen LogP contribution in [-0.2, 0) is 12.8 Å². The molecule has 0 fully saturated rings. The first-order valence-corrected chi connectivity index (χ1v) is 8.50. The second-order valence-corrected chi connectivity index (χ2v) is 7.69. The van der Waals surface area contributed by atoms with E-state index in [-0.39, 0.29) is 6.04 Å². The molecule has 1 aromatic carbocycles. The first kappa shape index (κ1) is 14.1. The van der Waals surface area contributed by atoms with Crippen molar-refractivity contribution in [2.75, 3.05) is 6.61 Å². The minimum absolute atomic E-state index is 0.120. The van der Waals surface area contributed by atoms with Crippen LogP contribution in [0.2, 0.25) is 0 Å². The van der Waals surface area contributed by atoms with Crippen molar-refractivity contribution in [2.45, 2.75) is 32.2 Å². The molecule has 2 N–H and O–H groups in total. The number of ether oxygens (including phenoxy) is 1. The van der Waals surface area contributed by atoms with Gasteiger partial charge < -0.3 is 10.5 Å². The molecule has 1 aliphatic heterocycles. The van der Waals surface area contributed by atoms with Crippen LogP contribution in [-0.4, -0.2) is 6.61 Å². The van der Waals surface area contributed by atoms with Crippen LogP contribution in [0.1, 0.15) is 34.0 Å². The maximum atomic E-state index is 6.30. The number of benzene rings is 1. The topological polar surface area (TPSA) is 35.2 Å². The van der Waals surface area contributed by atoms with Gasteiger partial charge in [-0.3, -0.25) is 0 Å². The number of fused-ring (bicyclic) bond motifs is 1. The highest BCUT2D eigenvalue weighted by Crippen LogP contribution is 2.32. The summed E-state index contributed by atoms with van der Waals surface area (Å²) in [6.07, 6.45) is 3.03. The van der Waals surface area contributed by atoms with Crippen molar-refractivity contribution >= 4 is 27.3 Å². The van der Waals surface area contributed by atoms with Gasteiger partial charge in [0.25, 0.3) is 0 Å². The summed E-state index contributed by atoms with van der Waals surface area (Å²) in [7, 11) is 0. The normalized spacial score (nSPS) is 14.9. The summed E-state index contributed by atoms with van der Waals surface area (Å²) in [4.78, 5) is 1.26. The van der Waals surface area contributed by atoms with Crippen LogP contribution in [0.4, 0.5) is 0 Å². The number of hydrogen-bond donors (Lipinski definition) is 1. The highest BCUT2D eigenvalue weighted by Gasteiger charge is 2.14. The largest absolute Gasteiger partial charge is 0.493 e. The van der Waals surface area contributed by atoms with Gasteiger partial charge in [0.15, 0.2) is 0 Å². The predicted molar refractivity (Wildman–Crippen MR) is 87.6 cm³/mol. The number of thiophene rings is 1. The summed E-state index contributed by atoms with van der Waals surface area (Å²) in [5, 5.41) is 0. The summed E-state index contributed by atoms with van der Waals surface area (Å²) in [5.41, 5.74) is 10.3. The maximum absolute atomic E-state index is 6.30. The Morgan fingerprint density at radius 1 is 1.40 bits per heavy atom. The van der Waals surface area contributed by atoms with E-state index in [9.17, 15) is 0 Å². The summed E-state index contributed by atoms with van der Waals surface area (Å²) < 4.78 is 6.73. The van der Waals surface area contributed by atoms with Crippen LogP contribution in [0.15, 0.2) is 28.1 Å². The molecule has 4 heteroatoms. The van der Waals surface area contributed by atoms with Crippen molar-refractivity contribution in [3.63, 3.8) is 0 Å². The molecular weight excluding hydrogens is 334 g/mol. The lowest BCUT2D eigenvalue weighted by molar-refractivity contribution is 0.357. The molecule has 3 rings (SSSR count). The first-order valence-electron chi connectivity index (χ1n) is 6.89. The lowest BCUT2D eigenvalue weighted by atomic mass is 10.0. The molecule has 106 valence electrons. The van der Waals surface area contributed by atoms with Gasteiger partial charge in [-0.2, -0.15) is 0 Å². The average Bonchev–Trinajstić information content (AvgIpc) is 3.03. The standard InChI is InChI=1S/C16H18BrNOS/c1-10-8-15(20-16(10)17)13(18)4-2-11-3-5-14-12(9-11)6-7-19-14/h3,5,8-9,13H,2,4,6-7,18H2,1H3. The third-order valence-electron chi connectivity index (χ3n) is 3.74. The van der Waals surface area contributed by atoms with Gasteiger partial charge in [0.2, 0.25) is 0 Å². The van der Waals surface area contributed by atoms with Crippen molar-refractivity contribution in [1.29, 1.82) is 0 Å². The van der Waals surface area contributed by atoms with Crippen LogP contribution in [0, 0.1) is 6.92 Å². The molecule has 2 aromatic rings. The van der Waals surface area contributed by atoms with Gasteiger partial charge >= 0.3 is 0 Å². The van der Waals surface area contributed by atoms with Crippen LogP contribution < -0.4 is 10.5 Å². The Labute approximate surface area is 132 Å². The second kappa shape index (κ2) is 5.88. The minimum Gasteiger partial charge on any atom is -0.493 e. The number of aryl methyl sites for hydroxylation is 2. The van der Waals surface area contributed by atoms with Crippen molar-refractivity contribution < 1.29 is 4.74 Å². The van der Waals surface area contributed by atoms with E-state index in [4.69, 9.17) is 10.5 Å². The van der Waals surface area contributed by atoms with Crippen molar-refractivity contribution in [1.82, 2.24) is 0 Å². The zero-order valence-electron chi connectivity index (χ0n) is 11.5. The molecule has 1 unspecified atom stereocenters. The fourth-order valence-electron chi connectivity index (χ4n) is 2.53. The van der Waals surface area contributed by atoms with Crippen LogP contribution in [0.3, 0.4) is 0 Å². The smallest absolute Gasteiger partial charge is 0.122 e. The van der Waals surface area contributed by atoms with Gasteiger partial charge in [-0.15, -0.1) is 11.3 Å². The van der Waals surface area contributed by atoms with Crippen LogP contribution in [0.25, 0.3) is 0 Å². The van der Waals surface area contributed by atoms with Gasteiger partial charge in [-0.05, 0) is 64.5 Å². The summed E-state index contributed by atoms with van der Waals surface area (Å²) in [6, 6.07) is 8.83.